The summed E-state index contributed by atoms with van der Waals surface area (Å²) >= 11 is 5.45. The quantitative estimate of drug-likeness (QED) is 0.673. The third kappa shape index (κ3) is 1.76. The summed E-state index contributed by atoms with van der Waals surface area (Å²) < 4.78 is 24.0. The third-order valence-electron chi connectivity index (χ3n) is 1.25. The van der Waals surface area contributed by atoms with E-state index in [0.717, 1.165) is 12.3 Å². The largest absolute Gasteiger partial charge is 0.296 e. The van der Waals surface area contributed by atoms with Crippen molar-refractivity contribution in [3.63, 3.8) is 0 Å². The number of aromatic nitrogens is 1. The lowest BCUT2D eigenvalue weighted by molar-refractivity contribution is 0.111. The predicted molar refractivity (Wildman–Crippen MR) is 39.6 cm³/mol. The zero-order valence-electron chi connectivity index (χ0n) is 5.80. The van der Waals surface area contributed by atoms with Gasteiger partial charge in [-0.05, 0) is 6.07 Å². The second-order valence-electron chi connectivity index (χ2n) is 2.05. The molecule has 0 N–H and O–H groups in total. The minimum absolute atomic E-state index is 0.0268. The number of nitrogens with zero attached hydrogens (tertiary/aromatic N) is 1. The topological polar surface area (TPSA) is 30.0 Å². The molecule has 0 amide bonds. The minimum atomic E-state index is -2.62. The summed E-state index contributed by atoms with van der Waals surface area (Å²) in [5.74, 6) is 0. The zero-order chi connectivity index (χ0) is 9.14. The highest BCUT2D eigenvalue weighted by atomic mass is 35.5. The molecule has 0 unspecified atom stereocenters. The van der Waals surface area contributed by atoms with Crippen LogP contribution in [0.15, 0.2) is 12.3 Å². The first-order valence-electron chi connectivity index (χ1n) is 3.04. The van der Waals surface area contributed by atoms with Crippen molar-refractivity contribution < 1.29 is 13.6 Å². The van der Waals surface area contributed by atoms with E-state index in [1.807, 2.05) is 0 Å². The average Bonchev–Trinajstić information content (AvgIpc) is 2.04. The summed E-state index contributed by atoms with van der Waals surface area (Å²) in [5, 5.41) is -0.0530. The maximum atomic E-state index is 12.0. The lowest BCUT2D eigenvalue weighted by Gasteiger charge is -1.99. The van der Waals surface area contributed by atoms with Crippen LogP contribution >= 0.6 is 11.6 Å². The molecule has 1 heterocycles. The Bertz CT molecular complexity index is 303. The Kier molecular flexibility index (Phi) is 2.70. The molecule has 0 aliphatic rings. The molecule has 0 saturated heterocycles. The number of alkyl halides is 2. The summed E-state index contributed by atoms with van der Waals surface area (Å²) in [6.07, 6.45) is -1.27. The lowest BCUT2D eigenvalue weighted by Crippen LogP contribution is -1.92. The lowest BCUT2D eigenvalue weighted by atomic mass is 10.2. The van der Waals surface area contributed by atoms with E-state index in [4.69, 9.17) is 11.6 Å². The zero-order valence-corrected chi connectivity index (χ0v) is 6.55. The molecule has 1 rings (SSSR count). The number of hydrogen-bond donors (Lipinski definition) is 0. The minimum Gasteiger partial charge on any atom is -0.296 e. The van der Waals surface area contributed by atoms with Crippen molar-refractivity contribution in [1.29, 1.82) is 0 Å². The van der Waals surface area contributed by atoms with Crippen molar-refractivity contribution in [1.82, 2.24) is 4.98 Å². The van der Waals surface area contributed by atoms with Gasteiger partial charge in [-0.3, -0.25) is 9.78 Å². The highest BCUT2D eigenvalue weighted by Gasteiger charge is 2.09. The number of hydrogen-bond acceptors (Lipinski definition) is 2. The normalized spacial score (nSPS) is 10.3. The van der Waals surface area contributed by atoms with Crippen molar-refractivity contribution in [3.8, 4) is 0 Å². The molecular formula is C7H4ClF2NO. The Morgan fingerprint density at radius 2 is 2.25 bits per heavy atom. The number of rotatable bonds is 2. The fraction of sp³-hybridized carbons (Fsp3) is 0.143. The molecule has 1 aromatic heterocycles. The first-order chi connectivity index (χ1) is 5.65. The van der Waals surface area contributed by atoms with E-state index >= 15 is 0 Å². The summed E-state index contributed by atoms with van der Waals surface area (Å²) in [5.41, 5.74) is -0.313. The van der Waals surface area contributed by atoms with Gasteiger partial charge >= 0.3 is 0 Å². The number of carbonyl (C=O) groups excluding carboxylic acids is 1. The van der Waals surface area contributed by atoms with Gasteiger partial charge < -0.3 is 0 Å². The monoisotopic (exact) mass is 191 g/mol. The van der Waals surface area contributed by atoms with Gasteiger partial charge in [-0.15, -0.1) is 0 Å². The van der Waals surface area contributed by atoms with Crippen LogP contribution < -0.4 is 0 Å². The molecule has 1 aromatic rings. The molecule has 5 heteroatoms. The van der Waals surface area contributed by atoms with Crippen LogP contribution in [-0.4, -0.2) is 11.3 Å². The van der Waals surface area contributed by atoms with Crippen LogP contribution in [0.25, 0.3) is 0 Å². The Morgan fingerprint density at radius 3 is 2.67 bits per heavy atom. The van der Waals surface area contributed by atoms with E-state index in [9.17, 15) is 13.6 Å². The maximum absolute atomic E-state index is 12.0. The smallest absolute Gasteiger partial charge is 0.265 e. The number of halogens is 3. The standard InChI is InChI=1S/C7H4ClF2NO/c8-5-1-4(7(9)10)2-11-6(5)3-12/h1-3,7H. The van der Waals surface area contributed by atoms with Crippen LogP contribution in [0.3, 0.4) is 0 Å². The second-order valence-corrected chi connectivity index (χ2v) is 2.46. The average molecular weight is 192 g/mol. The van der Waals surface area contributed by atoms with Gasteiger partial charge in [0.25, 0.3) is 6.43 Å². The highest BCUT2D eigenvalue weighted by molar-refractivity contribution is 6.32. The first-order valence-corrected chi connectivity index (χ1v) is 3.41. The van der Waals surface area contributed by atoms with Crippen molar-refractivity contribution in [2.75, 3.05) is 0 Å². The summed E-state index contributed by atoms with van der Waals surface area (Å²) in [6.45, 7) is 0. The van der Waals surface area contributed by atoms with Crippen LogP contribution in [0.5, 0.6) is 0 Å². The fourth-order valence-electron chi connectivity index (χ4n) is 0.669. The van der Waals surface area contributed by atoms with E-state index in [1.54, 1.807) is 0 Å². The number of pyridine rings is 1. The van der Waals surface area contributed by atoms with Crippen molar-refractivity contribution >= 4 is 17.9 Å². The first kappa shape index (κ1) is 9.06. The molecule has 0 aliphatic carbocycles. The third-order valence-corrected chi connectivity index (χ3v) is 1.56. The van der Waals surface area contributed by atoms with E-state index in [-0.39, 0.29) is 16.3 Å². The molecule has 0 radical (unpaired) electrons. The molecule has 0 atom stereocenters. The van der Waals surface area contributed by atoms with E-state index < -0.39 is 6.43 Å². The number of carbonyl (C=O) groups is 1. The maximum Gasteiger partial charge on any atom is 0.265 e. The van der Waals surface area contributed by atoms with Crippen LogP contribution in [0.1, 0.15) is 22.5 Å². The van der Waals surface area contributed by atoms with Crippen LogP contribution in [0, 0.1) is 0 Å². The van der Waals surface area contributed by atoms with Gasteiger partial charge in [-0.2, -0.15) is 0 Å². The molecule has 0 aliphatic heterocycles. The molecule has 2 nitrogen and oxygen atoms in total. The summed E-state index contributed by atoms with van der Waals surface area (Å²) in [6, 6.07) is 1.03. The van der Waals surface area contributed by atoms with Gasteiger partial charge in [0.1, 0.15) is 5.69 Å². The molecular weight excluding hydrogens is 188 g/mol. The summed E-state index contributed by atoms with van der Waals surface area (Å²) in [7, 11) is 0. The van der Waals surface area contributed by atoms with E-state index in [1.165, 1.54) is 0 Å². The van der Waals surface area contributed by atoms with E-state index in [2.05, 4.69) is 4.98 Å². The van der Waals surface area contributed by atoms with Gasteiger partial charge in [-0.1, -0.05) is 11.6 Å². The Hall–Kier alpha value is -1.03. The molecule has 12 heavy (non-hydrogen) atoms. The van der Waals surface area contributed by atoms with Gasteiger partial charge in [0.05, 0.1) is 5.02 Å². The number of aldehydes is 1. The Morgan fingerprint density at radius 1 is 1.58 bits per heavy atom. The Labute approximate surface area is 72.2 Å². The predicted octanol–water partition coefficient (Wildman–Crippen LogP) is 2.49. The van der Waals surface area contributed by atoms with Gasteiger partial charge in [0.2, 0.25) is 0 Å². The van der Waals surface area contributed by atoms with Crippen molar-refractivity contribution in [2.24, 2.45) is 0 Å². The van der Waals surface area contributed by atoms with Gasteiger partial charge in [0.15, 0.2) is 6.29 Å². The summed E-state index contributed by atoms with van der Waals surface area (Å²) in [4.78, 5) is 13.6. The SMILES string of the molecule is O=Cc1ncc(C(F)F)cc1Cl. The second kappa shape index (κ2) is 3.58. The van der Waals surface area contributed by atoms with Crippen molar-refractivity contribution in [3.05, 3.63) is 28.5 Å². The van der Waals surface area contributed by atoms with Gasteiger partial charge in [0, 0.05) is 11.8 Å². The Balaban J connectivity index is 3.10. The van der Waals surface area contributed by atoms with Crippen LogP contribution in [0.4, 0.5) is 8.78 Å². The van der Waals surface area contributed by atoms with Crippen molar-refractivity contribution in [2.45, 2.75) is 6.43 Å². The van der Waals surface area contributed by atoms with Crippen LogP contribution in [0.2, 0.25) is 5.02 Å². The van der Waals surface area contributed by atoms with E-state index in [0.29, 0.717) is 6.29 Å². The molecule has 0 bridgehead atoms. The van der Waals surface area contributed by atoms with Gasteiger partial charge in [-0.25, -0.2) is 8.78 Å². The highest BCUT2D eigenvalue weighted by Crippen LogP contribution is 2.22. The molecule has 0 saturated carbocycles. The van der Waals surface area contributed by atoms with Crippen LogP contribution in [-0.2, 0) is 0 Å². The molecule has 0 spiro atoms. The molecule has 0 aromatic carbocycles. The fourth-order valence-corrected chi connectivity index (χ4v) is 0.889. The molecule has 64 valence electrons. The molecule has 0 fully saturated rings.